The highest BCUT2D eigenvalue weighted by Crippen LogP contribution is 2.46. The Morgan fingerprint density at radius 3 is 2.33 bits per heavy atom. The van der Waals surface area contributed by atoms with Crippen molar-refractivity contribution in [3.05, 3.63) is 10.1 Å². The molecule has 1 rings (SSSR count). The molecule has 0 aromatic heterocycles. The molecule has 0 spiro atoms. The number of rotatable bonds is 0. The third kappa shape index (κ3) is 1.71. The summed E-state index contributed by atoms with van der Waals surface area (Å²) in [5.74, 6) is -0.335. The predicted molar refractivity (Wildman–Crippen MR) is 52.4 cm³/mol. The van der Waals surface area contributed by atoms with Crippen LogP contribution in [0.25, 0.3) is 0 Å². The lowest BCUT2D eigenvalue weighted by atomic mass is 10.0. The number of hydrogen-bond acceptors (Lipinski definition) is 1. The molecule has 0 saturated heterocycles. The van der Waals surface area contributed by atoms with Gasteiger partial charge in [0.05, 0.1) is 10.4 Å². The minimum Gasteiger partial charge on any atom is -0.293 e. The summed E-state index contributed by atoms with van der Waals surface area (Å²) in [6, 6.07) is 0. The van der Waals surface area contributed by atoms with Crippen LogP contribution in [0.2, 0.25) is 0 Å². The van der Waals surface area contributed by atoms with Gasteiger partial charge in [-0.25, -0.2) is 0 Å². The van der Waals surface area contributed by atoms with E-state index in [0.717, 1.165) is 0 Å². The molecule has 1 atom stereocenters. The molecular formula is C6H3Cl5O. The van der Waals surface area contributed by atoms with E-state index >= 15 is 0 Å². The Bertz CT molecular complexity index is 257. The molecule has 0 heterocycles. The first-order valence-corrected chi connectivity index (χ1v) is 4.93. The average Bonchev–Trinajstić information content (AvgIpc) is 1.99. The number of ketones is 1. The zero-order valence-electron chi connectivity index (χ0n) is 5.58. The fourth-order valence-electron chi connectivity index (χ4n) is 0.787. The lowest BCUT2D eigenvalue weighted by molar-refractivity contribution is -0.115. The molecule has 0 aliphatic heterocycles. The van der Waals surface area contributed by atoms with E-state index in [1.54, 1.807) is 0 Å². The van der Waals surface area contributed by atoms with Gasteiger partial charge in [-0.2, -0.15) is 0 Å². The molecule has 1 unspecified atom stereocenters. The zero-order chi connectivity index (χ0) is 9.52. The lowest BCUT2D eigenvalue weighted by Gasteiger charge is -2.28. The Hall–Kier alpha value is 0.860. The fraction of sp³-hybridized carbons (Fsp3) is 0.500. The van der Waals surface area contributed by atoms with Gasteiger partial charge in [-0.15, -0.1) is 11.6 Å². The maximum atomic E-state index is 11.0. The Labute approximate surface area is 94.5 Å². The van der Waals surface area contributed by atoms with Gasteiger partial charge in [0.15, 0.2) is 10.1 Å². The highest BCUT2D eigenvalue weighted by atomic mass is 35.5. The average molecular weight is 268 g/mol. The molecule has 0 aromatic carbocycles. The molecule has 0 radical (unpaired) electrons. The minimum absolute atomic E-state index is 0.00358. The van der Waals surface area contributed by atoms with Gasteiger partial charge < -0.3 is 0 Å². The first-order chi connectivity index (χ1) is 5.37. The van der Waals surface area contributed by atoms with E-state index in [1.165, 1.54) is 0 Å². The first kappa shape index (κ1) is 10.9. The largest absolute Gasteiger partial charge is 0.293 e. The second-order valence-electron chi connectivity index (χ2n) is 2.35. The van der Waals surface area contributed by atoms with E-state index < -0.39 is 9.71 Å². The van der Waals surface area contributed by atoms with Crippen molar-refractivity contribution in [2.45, 2.75) is 16.1 Å². The van der Waals surface area contributed by atoms with Gasteiger partial charge in [0, 0.05) is 6.42 Å². The smallest absolute Gasteiger partial charge is 0.177 e. The molecule has 68 valence electrons. The van der Waals surface area contributed by atoms with E-state index in [2.05, 4.69) is 0 Å². The van der Waals surface area contributed by atoms with Crippen LogP contribution in [-0.4, -0.2) is 15.5 Å². The fourth-order valence-corrected chi connectivity index (χ4v) is 2.00. The third-order valence-corrected chi connectivity index (χ3v) is 4.28. The number of carbonyl (C=O) groups is 1. The summed E-state index contributed by atoms with van der Waals surface area (Å²) in [5, 5.41) is -0.953. The van der Waals surface area contributed by atoms with Crippen molar-refractivity contribution in [1.29, 1.82) is 0 Å². The van der Waals surface area contributed by atoms with Crippen molar-refractivity contribution >= 4 is 63.8 Å². The molecule has 0 bridgehead atoms. The van der Waals surface area contributed by atoms with Crippen LogP contribution in [-0.2, 0) is 4.79 Å². The van der Waals surface area contributed by atoms with E-state index in [0.29, 0.717) is 0 Å². The van der Waals surface area contributed by atoms with Gasteiger partial charge >= 0.3 is 0 Å². The molecule has 1 aliphatic carbocycles. The molecule has 0 fully saturated rings. The van der Waals surface area contributed by atoms with Gasteiger partial charge in [-0.05, 0) is 0 Å². The topological polar surface area (TPSA) is 17.1 Å². The third-order valence-electron chi connectivity index (χ3n) is 1.49. The molecular weight excluding hydrogens is 265 g/mol. The number of halogens is 5. The molecule has 0 N–H and O–H groups in total. The number of carbonyl (C=O) groups excluding carboxylic acids is 1. The van der Waals surface area contributed by atoms with Crippen LogP contribution in [0.5, 0.6) is 0 Å². The van der Waals surface area contributed by atoms with E-state index in [1.807, 2.05) is 0 Å². The first-order valence-electron chi connectivity index (χ1n) is 2.98. The Balaban J connectivity index is 3.15. The van der Waals surface area contributed by atoms with Gasteiger partial charge in [0.1, 0.15) is 5.03 Å². The Morgan fingerprint density at radius 1 is 1.33 bits per heavy atom. The van der Waals surface area contributed by atoms with Crippen LogP contribution in [0.4, 0.5) is 0 Å². The summed E-state index contributed by atoms with van der Waals surface area (Å²) < 4.78 is -1.45. The number of allylic oxidation sites excluding steroid dienone is 2. The van der Waals surface area contributed by atoms with Crippen LogP contribution in [0.15, 0.2) is 10.1 Å². The monoisotopic (exact) mass is 266 g/mol. The second kappa shape index (κ2) is 3.55. The highest BCUT2D eigenvalue weighted by Gasteiger charge is 2.44. The van der Waals surface area contributed by atoms with Crippen molar-refractivity contribution in [1.82, 2.24) is 0 Å². The standard InChI is InChI=1S/C6H3Cl5O/c7-3-1-2(12)4(8)5(9)6(3,10)11/h3H,1H2. The number of Topliss-reactive ketones (excluding diaryl/α,β-unsaturated/α-hetero) is 1. The van der Waals surface area contributed by atoms with Crippen LogP contribution < -0.4 is 0 Å². The molecule has 0 saturated carbocycles. The lowest BCUT2D eigenvalue weighted by Crippen LogP contribution is -2.34. The summed E-state index contributed by atoms with van der Waals surface area (Å²) in [6.45, 7) is 0. The molecule has 0 amide bonds. The van der Waals surface area contributed by atoms with Crippen LogP contribution in [0, 0.1) is 0 Å². The van der Waals surface area contributed by atoms with Crippen LogP contribution >= 0.6 is 58.0 Å². The van der Waals surface area contributed by atoms with Crippen molar-refractivity contribution < 1.29 is 4.79 Å². The van der Waals surface area contributed by atoms with Crippen LogP contribution in [0.3, 0.4) is 0 Å². The van der Waals surface area contributed by atoms with E-state index in [-0.39, 0.29) is 22.3 Å². The van der Waals surface area contributed by atoms with Gasteiger partial charge in [0.2, 0.25) is 0 Å². The van der Waals surface area contributed by atoms with E-state index in [9.17, 15) is 4.79 Å². The molecule has 6 heteroatoms. The van der Waals surface area contributed by atoms with Crippen LogP contribution in [0.1, 0.15) is 6.42 Å². The van der Waals surface area contributed by atoms with Crippen molar-refractivity contribution in [3.8, 4) is 0 Å². The summed E-state index contributed by atoms with van der Waals surface area (Å²) in [5.41, 5.74) is 0. The van der Waals surface area contributed by atoms with Crippen molar-refractivity contribution in [2.75, 3.05) is 0 Å². The zero-order valence-corrected chi connectivity index (χ0v) is 9.36. The maximum Gasteiger partial charge on any atom is 0.177 e. The normalized spacial score (nSPS) is 29.4. The maximum absolute atomic E-state index is 11.0. The highest BCUT2D eigenvalue weighted by molar-refractivity contribution is 6.63. The molecule has 0 aromatic rings. The molecule has 12 heavy (non-hydrogen) atoms. The summed E-state index contributed by atoms with van der Waals surface area (Å²) >= 11 is 28.3. The summed E-state index contributed by atoms with van der Waals surface area (Å²) in [7, 11) is 0. The SMILES string of the molecule is O=C1CC(Cl)C(Cl)(Cl)C(Cl)=C1Cl. The Kier molecular flexibility index (Phi) is 3.23. The predicted octanol–water partition coefficient (Wildman–Crippen LogP) is 3.43. The summed E-state index contributed by atoms with van der Waals surface area (Å²) in [6.07, 6.45) is 0.00358. The van der Waals surface area contributed by atoms with E-state index in [4.69, 9.17) is 58.0 Å². The van der Waals surface area contributed by atoms with Gasteiger partial charge in [-0.3, -0.25) is 4.79 Å². The van der Waals surface area contributed by atoms with Crippen molar-refractivity contribution in [2.24, 2.45) is 0 Å². The van der Waals surface area contributed by atoms with Gasteiger partial charge in [-0.1, -0.05) is 46.4 Å². The number of alkyl halides is 3. The molecule has 1 aliphatic rings. The Morgan fingerprint density at radius 2 is 1.83 bits per heavy atom. The van der Waals surface area contributed by atoms with Gasteiger partial charge in [0.25, 0.3) is 0 Å². The minimum atomic E-state index is -1.45. The summed E-state index contributed by atoms with van der Waals surface area (Å²) in [4.78, 5) is 11.0. The van der Waals surface area contributed by atoms with Crippen molar-refractivity contribution in [3.63, 3.8) is 0 Å². The second-order valence-corrected chi connectivity index (χ2v) is 5.01. The number of hydrogen-bond donors (Lipinski definition) is 0. The molecule has 1 nitrogen and oxygen atoms in total. The quantitative estimate of drug-likeness (QED) is 0.615.